The molecule has 0 fully saturated rings. The third kappa shape index (κ3) is 0.997. The van der Waals surface area contributed by atoms with Crippen molar-refractivity contribution in [1.29, 1.82) is 5.26 Å². The molecule has 3 rings (SSSR count). The van der Waals surface area contributed by atoms with Crippen molar-refractivity contribution in [2.75, 3.05) is 5.73 Å². The fourth-order valence-electron chi connectivity index (χ4n) is 1.90. The highest BCUT2D eigenvalue weighted by atomic mass is 15.0. The zero-order valence-corrected chi connectivity index (χ0v) is 8.38. The van der Waals surface area contributed by atoms with Crippen LogP contribution in [-0.2, 0) is 0 Å². The van der Waals surface area contributed by atoms with E-state index in [4.69, 9.17) is 11.0 Å². The third-order valence-electron chi connectivity index (χ3n) is 2.65. The van der Waals surface area contributed by atoms with Crippen LogP contribution < -0.4 is 5.73 Å². The number of nitriles is 1. The smallest absolute Gasteiger partial charge is 0.145 e. The number of pyridine rings is 2. The van der Waals surface area contributed by atoms with Crippen molar-refractivity contribution in [2.45, 2.75) is 0 Å². The van der Waals surface area contributed by atoms with E-state index in [1.807, 2.05) is 24.3 Å². The number of anilines is 1. The molecule has 0 spiro atoms. The summed E-state index contributed by atoms with van der Waals surface area (Å²) in [6, 6.07) is 11.6. The maximum Gasteiger partial charge on any atom is 0.145 e. The second-order valence-electron chi connectivity index (χ2n) is 3.56. The Morgan fingerprint density at radius 2 is 2.19 bits per heavy atom. The highest BCUT2D eigenvalue weighted by molar-refractivity contribution is 5.83. The second kappa shape index (κ2) is 2.97. The van der Waals surface area contributed by atoms with Gasteiger partial charge in [0.2, 0.25) is 0 Å². The fraction of sp³-hybridized carbons (Fsp3) is 0. The first-order valence-electron chi connectivity index (χ1n) is 4.86. The molecule has 2 N–H and O–H groups in total. The van der Waals surface area contributed by atoms with E-state index in [1.165, 1.54) is 0 Å². The second-order valence-corrected chi connectivity index (χ2v) is 3.56. The Kier molecular flexibility index (Phi) is 1.62. The number of rotatable bonds is 0. The molecule has 76 valence electrons. The Labute approximate surface area is 91.5 Å². The minimum atomic E-state index is 0.446. The maximum absolute atomic E-state index is 8.93. The molecule has 3 aromatic rings. The number of hydrogen-bond acceptors (Lipinski definition) is 3. The highest BCUT2D eigenvalue weighted by Gasteiger charge is 2.09. The first kappa shape index (κ1) is 8.74. The van der Waals surface area contributed by atoms with E-state index in [-0.39, 0.29) is 0 Å². The van der Waals surface area contributed by atoms with Gasteiger partial charge in [-0.2, -0.15) is 5.26 Å². The van der Waals surface area contributed by atoms with Gasteiger partial charge in [-0.25, -0.2) is 4.98 Å². The minimum Gasteiger partial charge on any atom is -0.384 e. The summed E-state index contributed by atoms with van der Waals surface area (Å²) >= 11 is 0. The quantitative estimate of drug-likeness (QED) is 0.613. The Hall–Kier alpha value is -2.54. The van der Waals surface area contributed by atoms with Gasteiger partial charge in [0.15, 0.2) is 0 Å². The van der Waals surface area contributed by atoms with Crippen molar-refractivity contribution in [3.8, 4) is 6.07 Å². The largest absolute Gasteiger partial charge is 0.384 e. The molecule has 0 aliphatic carbocycles. The van der Waals surface area contributed by atoms with Crippen LogP contribution in [0.3, 0.4) is 0 Å². The lowest BCUT2D eigenvalue weighted by molar-refractivity contribution is 1.20. The molecule has 0 bridgehead atoms. The molecular weight excluding hydrogens is 200 g/mol. The molecular formula is C12H8N4. The number of fused-ring (bicyclic) bond motifs is 3. The Morgan fingerprint density at radius 3 is 3.00 bits per heavy atom. The highest BCUT2D eigenvalue weighted by Crippen LogP contribution is 2.23. The first-order valence-corrected chi connectivity index (χ1v) is 4.86. The summed E-state index contributed by atoms with van der Waals surface area (Å²) < 4.78 is 1.80. The molecule has 0 aliphatic rings. The van der Waals surface area contributed by atoms with Crippen LogP contribution >= 0.6 is 0 Å². The average Bonchev–Trinajstić information content (AvgIpc) is 2.66. The van der Waals surface area contributed by atoms with Gasteiger partial charge in [0.1, 0.15) is 17.5 Å². The molecule has 0 aliphatic heterocycles. The van der Waals surface area contributed by atoms with E-state index in [0.29, 0.717) is 11.4 Å². The topological polar surface area (TPSA) is 67.1 Å². The van der Waals surface area contributed by atoms with Gasteiger partial charge in [-0.1, -0.05) is 0 Å². The molecule has 0 saturated heterocycles. The van der Waals surface area contributed by atoms with Crippen LogP contribution in [0.1, 0.15) is 5.56 Å². The van der Waals surface area contributed by atoms with E-state index in [9.17, 15) is 0 Å². The standard InChI is InChI=1S/C12H8N4/c13-7-9-6-10-4-3-8-2-1-5-15-12(8)16(10)11(9)14/h1-6H,14H2. The lowest BCUT2D eigenvalue weighted by atomic mass is 10.3. The van der Waals surface area contributed by atoms with Crippen molar-refractivity contribution in [3.05, 3.63) is 42.1 Å². The summed E-state index contributed by atoms with van der Waals surface area (Å²) in [4.78, 5) is 4.29. The number of nitrogens with zero attached hydrogens (tertiary/aromatic N) is 3. The third-order valence-corrected chi connectivity index (χ3v) is 2.65. The Morgan fingerprint density at radius 1 is 1.31 bits per heavy atom. The number of aromatic nitrogens is 2. The van der Waals surface area contributed by atoms with Crippen LogP contribution in [0, 0.1) is 11.3 Å². The maximum atomic E-state index is 8.93. The lowest BCUT2D eigenvalue weighted by Crippen LogP contribution is -1.97. The lowest BCUT2D eigenvalue weighted by Gasteiger charge is -2.02. The van der Waals surface area contributed by atoms with Gasteiger partial charge in [0, 0.05) is 11.6 Å². The van der Waals surface area contributed by atoms with E-state index in [1.54, 1.807) is 16.7 Å². The van der Waals surface area contributed by atoms with Gasteiger partial charge >= 0.3 is 0 Å². The predicted octanol–water partition coefficient (Wildman–Crippen LogP) is 1.94. The van der Waals surface area contributed by atoms with Gasteiger partial charge in [-0.3, -0.25) is 4.40 Å². The predicted molar refractivity (Wildman–Crippen MR) is 61.8 cm³/mol. The van der Waals surface area contributed by atoms with Gasteiger partial charge in [0.25, 0.3) is 0 Å². The van der Waals surface area contributed by atoms with Crippen LogP contribution in [0.4, 0.5) is 5.82 Å². The summed E-state index contributed by atoms with van der Waals surface area (Å²) in [6.45, 7) is 0. The summed E-state index contributed by atoms with van der Waals surface area (Å²) in [5, 5.41) is 9.93. The SMILES string of the molecule is N#Cc1cc2ccc3cccnc3n2c1N. The molecule has 0 aromatic carbocycles. The number of nitrogen functional groups attached to an aromatic ring is 1. The molecule has 4 heteroatoms. The van der Waals surface area contributed by atoms with Crippen LogP contribution in [0.15, 0.2) is 36.5 Å². The number of hydrogen-bond donors (Lipinski definition) is 1. The van der Waals surface area contributed by atoms with Crippen LogP contribution in [0.25, 0.3) is 16.6 Å². The van der Waals surface area contributed by atoms with Crippen molar-refractivity contribution >= 4 is 22.4 Å². The van der Waals surface area contributed by atoms with Gasteiger partial charge in [-0.15, -0.1) is 0 Å². The molecule has 4 nitrogen and oxygen atoms in total. The monoisotopic (exact) mass is 208 g/mol. The van der Waals surface area contributed by atoms with Crippen LogP contribution in [0.2, 0.25) is 0 Å². The summed E-state index contributed by atoms with van der Waals surface area (Å²) in [7, 11) is 0. The fourth-order valence-corrected chi connectivity index (χ4v) is 1.90. The molecule has 0 saturated carbocycles. The molecule has 0 atom stereocenters. The van der Waals surface area contributed by atoms with E-state index < -0.39 is 0 Å². The Balaban J connectivity index is 2.60. The summed E-state index contributed by atoms with van der Waals surface area (Å²) in [5.74, 6) is 0.446. The van der Waals surface area contributed by atoms with E-state index in [0.717, 1.165) is 16.6 Å². The zero-order chi connectivity index (χ0) is 11.1. The number of nitrogens with two attached hydrogens (primary N) is 1. The summed E-state index contributed by atoms with van der Waals surface area (Å²) in [5.41, 5.74) is 8.07. The van der Waals surface area contributed by atoms with Crippen LogP contribution in [0.5, 0.6) is 0 Å². The normalized spacial score (nSPS) is 10.7. The molecule has 3 aromatic heterocycles. The Bertz CT molecular complexity index is 734. The average molecular weight is 208 g/mol. The molecule has 0 unspecified atom stereocenters. The zero-order valence-electron chi connectivity index (χ0n) is 8.38. The van der Waals surface area contributed by atoms with Crippen molar-refractivity contribution in [1.82, 2.24) is 9.38 Å². The minimum absolute atomic E-state index is 0.446. The summed E-state index contributed by atoms with van der Waals surface area (Å²) in [6.07, 6.45) is 1.72. The molecule has 3 heterocycles. The van der Waals surface area contributed by atoms with Crippen LogP contribution in [-0.4, -0.2) is 9.38 Å². The van der Waals surface area contributed by atoms with Gasteiger partial charge in [-0.05, 0) is 30.3 Å². The van der Waals surface area contributed by atoms with Gasteiger partial charge in [0.05, 0.1) is 11.1 Å². The van der Waals surface area contributed by atoms with Crippen molar-refractivity contribution in [3.63, 3.8) is 0 Å². The van der Waals surface area contributed by atoms with Gasteiger partial charge < -0.3 is 5.73 Å². The van der Waals surface area contributed by atoms with E-state index in [2.05, 4.69) is 11.1 Å². The molecule has 0 radical (unpaired) electrons. The first-order chi connectivity index (χ1) is 7.81. The van der Waals surface area contributed by atoms with E-state index >= 15 is 0 Å². The van der Waals surface area contributed by atoms with Crippen molar-refractivity contribution < 1.29 is 0 Å². The molecule has 16 heavy (non-hydrogen) atoms. The molecule has 0 amide bonds. The van der Waals surface area contributed by atoms with Crippen molar-refractivity contribution in [2.24, 2.45) is 0 Å².